The van der Waals surface area contributed by atoms with Crippen LogP contribution in [0, 0.1) is 5.82 Å². The number of piperazine rings is 1. The minimum absolute atomic E-state index is 0.190. The van der Waals surface area contributed by atoms with Crippen molar-refractivity contribution in [3.8, 4) is 11.3 Å². The van der Waals surface area contributed by atoms with Gasteiger partial charge < -0.3 is 30.1 Å². The second-order valence-corrected chi connectivity index (χ2v) is 10.5. The summed E-state index contributed by atoms with van der Waals surface area (Å²) in [5.41, 5.74) is 0.764. The fourth-order valence-electron chi connectivity index (χ4n) is 4.69. The molecule has 40 heavy (non-hydrogen) atoms. The van der Waals surface area contributed by atoms with E-state index in [0.29, 0.717) is 56.5 Å². The molecule has 3 heterocycles. The van der Waals surface area contributed by atoms with Gasteiger partial charge in [-0.2, -0.15) is 0 Å². The Morgan fingerprint density at radius 3 is 2.62 bits per heavy atom. The number of hydrogen-bond acceptors (Lipinski definition) is 8. The Labute approximate surface area is 236 Å². The van der Waals surface area contributed by atoms with Crippen molar-refractivity contribution in [1.82, 2.24) is 15.2 Å². The van der Waals surface area contributed by atoms with Crippen LogP contribution in [0.4, 0.5) is 29.7 Å². The van der Waals surface area contributed by atoms with Crippen LogP contribution in [0.15, 0.2) is 53.7 Å². The SMILES string of the molecule is C=CN/C=C(C(=O)Nc1cc(-c2csc(N3CCOCC3)n2)c(F)cc1N1CCN(C)C(C)C1)\C(=C/C)C(F)F. The van der Waals surface area contributed by atoms with Crippen LogP contribution in [0.1, 0.15) is 13.8 Å². The summed E-state index contributed by atoms with van der Waals surface area (Å²) in [6.45, 7) is 11.6. The normalized spacial score (nSPS) is 19.2. The van der Waals surface area contributed by atoms with Crippen LogP contribution < -0.4 is 20.4 Å². The fraction of sp³-hybridized carbons (Fsp3) is 0.429. The molecule has 0 spiro atoms. The molecule has 1 aromatic carbocycles. The van der Waals surface area contributed by atoms with Crippen molar-refractivity contribution < 1.29 is 22.7 Å². The number of carbonyl (C=O) groups is 1. The Kier molecular flexibility index (Phi) is 9.88. The van der Waals surface area contributed by atoms with Crippen LogP contribution in [0.3, 0.4) is 0 Å². The maximum Gasteiger partial charge on any atom is 0.264 e. The van der Waals surface area contributed by atoms with Gasteiger partial charge in [0.1, 0.15) is 5.82 Å². The Balaban J connectivity index is 1.74. The Bertz CT molecular complexity index is 1270. The van der Waals surface area contributed by atoms with Gasteiger partial charge in [0.05, 0.1) is 35.9 Å². The van der Waals surface area contributed by atoms with E-state index in [4.69, 9.17) is 4.74 Å². The van der Waals surface area contributed by atoms with Gasteiger partial charge in [0.15, 0.2) is 5.13 Å². The van der Waals surface area contributed by atoms with E-state index >= 15 is 4.39 Å². The number of nitrogens with zero attached hydrogens (tertiary/aromatic N) is 4. The van der Waals surface area contributed by atoms with Gasteiger partial charge in [-0.25, -0.2) is 18.2 Å². The molecule has 8 nitrogen and oxygen atoms in total. The Hall–Kier alpha value is -3.35. The monoisotopic (exact) mass is 576 g/mol. The van der Waals surface area contributed by atoms with E-state index in [-0.39, 0.29) is 17.2 Å². The van der Waals surface area contributed by atoms with Gasteiger partial charge in [0.25, 0.3) is 12.3 Å². The first-order valence-electron chi connectivity index (χ1n) is 13.1. The van der Waals surface area contributed by atoms with Gasteiger partial charge in [-0.3, -0.25) is 4.79 Å². The largest absolute Gasteiger partial charge is 0.378 e. The number of carbonyl (C=O) groups excluding carboxylic acids is 1. The molecule has 2 saturated heterocycles. The summed E-state index contributed by atoms with van der Waals surface area (Å²) in [5, 5.41) is 7.95. The molecule has 0 radical (unpaired) electrons. The molecule has 2 fully saturated rings. The Morgan fingerprint density at radius 2 is 1.98 bits per heavy atom. The minimum atomic E-state index is -2.87. The van der Waals surface area contributed by atoms with Gasteiger partial charge in [0.2, 0.25) is 0 Å². The first-order valence-corrected chi connectivity index (χ1v) is 14.0. The highest BCUT2D eigenvalue weighted by atomic mass is 32.1. The molecule has 0 bridgehead atoms. The first kappa shape index (κ1) is 29.6. The lowest BCUT2D eigenvalue weighted by Crippen LogP contribution is -2.50. The zero-order valence-corrected chi connectivity index (χ0v) is 23.7. The molecular formula is C28H35F3N6O2S. The molecule has 1 aromatic heterocycles. The number of nitrogens with one attached hydrogen (secondary N) is 2. The molecule has 2 aliphatic heterocycles. The maximum atomic E-state index is 15.7. The van der Waals surface area contributed by atoms with Crippen LogP contribution in [0.2, 0.25) is 0 Å². The lowest BCUT2D eigenvalue weighted by atomic mass is 10.0. The molecule has 1 unspecified atom stereocenters. The average molecular weight is 577 g/mol. The molecule has 2 aliphatic rings. The second kappa shape index (κ2) is 13.3. The van der Waals surface area contributed by atoms with Crippen LogP contribution >= 0.6 is 11.3 Å². The molecule has 2 aromatic rings. The fourth-order valence-corrected chi connectivity index (χ4v) is 5.57. The number of halogens is 3. The van der Waals surface area contributed by atoms with E-state index in [1.807, 2.05) is 11.9 Å². The molecule has 2 N–H and O–H groups in total. The zero-order valence-electron chi connectivity index (χ0n) is 22.9. The molecule has 0 aliphatic carbocycles. The van der Waals surface area contributed by atoms with Crippen molar-refractivity contribution in [3.63, 3.8) is 0 Å². The third-order valence-electron chi connectivity index (χ3n) is 7.13. The number of thiazole rings is 1. The topological polar surface area (TPSA) is 73.0 Å². The minimum Gasteiger partial charge on any atom is -0.378 e. The number of benzene rings is 1. The molecular weight excluding hydrogens is 541 g/mol. The van der Waals surface area contributed by atoms with Gasteiger partial charge >= 0.3 is 0 Å². The number of allylic oxidation sites excluding steroid dienone is 1. The molecule has 1 atom stereocenters. The number of aromatic nitrogens is 1. The van der Waals surface area contributed by atoms with Crippen LogP contribution in [0.5, 0.6) is 0 Å². The van der Waals surface area contributed by atoms with E-state index in [9.17, 15) is 13.6 Å². The van der Waals surface area contributed by atoms with Crippen LogP contribution in [0.25, 0.3) is 11.3 Å². The van der Waals surface area contributed by atoms with E-state index in [0.717, 1.165) is 11.7 Å². The lowest BCUT2D eigenvalue weighted by Gasteiger charge is -2.39. The number of morpholine rings is 1. The number of rotatable bonds is 9. The third kappa shape index (κ3) is 6.68. The van der Waals surface area contributed by atoms with E-state index < -0.39 is 23.7 Å². The summed E-state index contributed by atoms with van der Waals surface area (Å²) in [7, 11) is 2.02. The molecule has 4 rings (SSSR count). The zero-order chi connectivity index (χ0) is 28.8. The van der Waals surface area contributed by atoms with Gasteiger partial charge in [0, 0.05) is 61.5 Å². The summed E-state index contributed by atoms with van der Waals surface area (Å²) in [6, 6.07) is 3.13. The van der Waals surface area contributed by atoms with Crippen molar-refractivity contribution >= 4 is 33.8 Å². The number of amides is 1. The lowest BCUT2D eigenvalue weighted by molar-refractivity contribution is -0.112. The van der Waals surface area contributed by atoms with Crippen molar-refractivity contribution in [2.24, 2.45) is 0 Å². The van der Waals surface area contributed by atoms with Crippen molar-refractivity contribution in [2.45, 2.75) is 26.3 Å². The molecule has 12 heteroatoms. The van der Waals surface area contributed by atoms with Gasteiger partial charge in [-0.15, -0.1) is 11.3 Å². The summed E-state index contributed by atoms with van der Waals surface area (Å²) >= 11 is 1.41. The predicted molar refractivity (Wildman–Crippen MR) is 155 cm³/mol. The van der Waals surface area contributed by atoms with Gasteiger partial charge in [-0.05, 0) is 39.2 Å². The summed E-state index contributed by atoms with van der Waals surface area (Å²) in [5.74, 6) is -1.24. The van der Waals surface area contributed by atoms with Gasteiger partial charge in [-0.1, -0.05) is 12.7 Å². The van der Waals surface area contributed by atoms with Crippen molar-refractivity contribution in [1.29, 1.82) is 0 Å². The average Bonchev–Trinajstić information content (AvgIpc) is 3.43. The molecule has 0 saturated carbocycles. The van der Waals surface area contributed by atoms with E-state index in [1.165, 1.54) is 42.8 Å². The molecule has 216 valence electrons. The van der Waals surface area contributed by atoms with E-state index in [2.05, 4.69) is 38.9 Å². The summed E-state index contributed by atoms with van der Waals surface area (Å²) in [6.07, 6.45) is 0.792. The number of ether oxygens (including phenoxy) is 1. The first-order chi connectivity index (χ1) is 19.2. The summed E-state index contributed by atoms with van der Waals surface area (Å²) in [4.78, 5) is 24.4. The number of likely N-dealkylation sites (N-methyl/N-ethyl adjacent to an activating group) is 1. The van der Waals surface area contributed by atoms with Crippen molar-refractivity contribution in [2.75, 3.05) is 68.1 Å². The highest BCUT2D eigenvalue weighted by molar-refractivity contribution is 7.14. The maximum absolute atomic E-state index is 15.7. The second-order valence-electron chi connectivity index (χ2n) is 9.67. The Morgan fingerprint density at radius 1 is 1.23 bits per heavy atom. The quantitative estimate of drug-likeness (QED) is 0.332. The number of anilines is 3. The number of hydrogen-bond donors (Lipinski definition) is 2. The smallest absolute Gasteiger partial charge is 0.264 e. The summed E-state index contributed by atoms with van der Waals surface area (Å²) < 4.78 is 48.7. The van der Waals surface area contributed by atoms with Crippen LogP contribution in [-0.4, -0.2) is 81.2 Å². The highest BCUT2D eigenvalue weighted by Crippen LogP contribution is 2.37. The standard InChI is InChI=1S/C28H35F3N6O2S/c1-5-19(26(30)31)21(15-32-6-2)27(38)33-23-13-20(24-17-40-28(34-24)36-9-11-39-12-10-36)22(29)14-25(23)37-8-7-35(4)18(3)16-37/h5-6,13-15,17-18,26,32H,2,7-12,16H2,1,3-4H3,(H,33,38)/b19-5+,21-15+. The third-order valence-corrected chi connectivity index (χ3v) is 8.03. The predicted octanol–water partition coefficient (Wildman–Crippen LogP) is 4.69. The van der Waals surface area contributed by atoms with Crippen molar-refractivity contribution in [3.05, 3.63) is 59.5 Å². The van der Waals surface area contributed by atoms with E-state index in [1.54, 1.807) is 11.4 Å². The molecule has 1 amide bonds. The van der Waals surface area contributed by atoms with Crippen LogP contribution in [-0.2, 0) is 9.53 Å². The highest BCUT2D eigenvalue weighted by Gasteiger charge is 2.27. The number of alkyl halides is 2.